The van der Waals surface area contributed by atoms with E-state index in [0.29, 0.717) is 5.17 Å². The normalized spacial score (nSPS) is 22.4. The fourth-order valence-electron chi connectivity index (χ4n) is 1.20. The minimum absolute atomic E-state index is 0.0207. The molecular weight excluding hydrogens is 302 g/mol. The second-order valence-electron chi connectivity index (χ2n) is 3.45. The number of amidine groups is 1. The smallest absolute Gasteiger partial charge is 0.239 e. The standard InChI is InChI=1S/C11H10BrN3OS/c1-7-10(16)14-11(17-7)15-13-6-8-2-4-9(12)5-3-8/h2-7H,1H3,(H,14,15,16). The summed E-state index contributed by atoms with van der Waals surface area (Å²) < 4.78 is 1.02. The number of hydrogen-bond acceptors (Lipinski definition) is 4. The Morgan fingerprint density at radius 2 is 2.12 bits per heavy atom. The Morgan fingerprint density at radius 3 is 2.71 bits per heavy atom. The number of benzene rings is 1. The number of nitrogens with zero attached hydrogens (tertiary/aromatic N) is 2. The Bertz CT molecular complexity index is 484. The van der Waals surface area contributed by atoms with Gasteiger partial charge in [-0.1, -0.05) is 39.8 Å². The van der Waals surface area contributed by atoms with E-state index in [0.717, 1.165) is 10.0 Å². The number of rotatable bonds is 2. The summed E-state index contributed by atoms with van der Waals surface area (Å²) >= 11 is 4.74. The molecule has 1 N–H and O–H groups in total. The largest absolute Gasteiger partial charge is 0.303 e. The molecule has 4 nitrogen and oxygen atoms in total. The molecule has 1 aromatic carbocycles. The number of halogens is 1. The van der Waals surface area contributed by atoms with Crippen molar-refractivity contribution in [2.24, 2.45) is 10.2 Å². The highest BCUT2D eigenvalue weighted by atomic mass is 79.9. The van der Waals surface area contributed by atoms with Gasteiger partial charge in [-0.25, -0.2) is 0 Å². The van der Waals surface area contributed by atoms with Crippen LogP contribution in [-0.4, -0.2) is 22.5 Å². The van der Waals surface area contributed by atoms with Gasteiger partial charge in [0.2, 0.25) is 5.91 Å². The monoisotopic (exact) mass is 311 g/mol. The quantitative estimate of drug-likeness (QED) is 0.673. The fraction of sp³-hybridized carbons (Fsp3) is 0.182. The van der Waals surface area contributed by atoms with E-state index in [1.807, 2.05) is 31.2 Å². The number of carbonyl (C=O) groups is 1. The van der Waals surface area contributed by atoms with Crippen LogP contribution in [0.15, 0.2) is 38.9 Å². The van der Waals surface area contributed by atoms with Crippen molar-refractivity contribution >= 4 is 45.0 Å². The topological polar surface area (TPSA) is 53.8 Å². The highest BCUT2D eigenvalue weighted by molar-refractivity contribution is 9.10. The highest BCUT2D eigenvalue weighted by Crippen LogP contribution is 2.18. The van der Waals surface area contributed by atoms with Crippen LogP contribution in [0.4, 0.5) is 0 Å². The molecule has 1 heterocycles. The first-order valence-corrected chi connectivity index (χ1v) is 6.66. The van der Waals surface area contributed by atoms with E-state index < -0.39 is 0 Å². The van der Waals surface area contributed by atoms with Gasteiger partial charge in [0.1, 0.15) is 0 Å². The maximum atomic E-state index is 11.2. The Hall–Kier alpha value is -1.14. The molecule has 17 heavy (non-hydrogen) atoms. The molecule has 1 aromatic rings. The predicted octanol–water partition coefficient (Wildman–Crippen LogP) is 2.39. The molecule has 1 amide bonds. The van der Waals surface area contributed by atoms with Gasteiger partial charge in [-0.15, -0.1) is 5.10 Å². The SMILES string of the molecule is CC1S/C(=N/N=Cc2ccc(Br)cc2)NC1=O. The number of carbonyl (C=O) groups excluding carboxylic acids is 1. The van der Waals surface area contributed by atoms with Crippen molar-refractivity contribution < 1.29 is 4.79 Å². The second-order valence-corrected chi connectivity index (χ2v) is 5.70. The number of nitrogens with one attached hydrogen (secondary N) is 1. The van der Waals surface area contributed by atoms with Crippen LogP contribution in [0.2, 0.25) is 0 Å². The molecule has 0 aromatic heterocycles. The summed E-state index contributed by atoms with van der Waals surface area (Å²) in [7, 11) is 0. The average molecular weight is 312 g/mol. The molecule has 0 saturated carbocycles. The zero-order valence-electron chi connectivity index (χ0n) is 9.05. The number of amides is 1. The van der Waals surface area contributed by atoms with Gasteiger partial charge in [-0.2, -0.15) is 5.10 Å². The van der Waals surface area contributed by atoms with E-state index in [1.54, 1.807) is 6.21 Å². The van der Waals surface area contributed by atoms with E-state index in [9.17, 15) is 4.79 Å². The number of thioether (sulfide) groups is 1. The van der Waals surface area contributed by atoms with Crippen molar-refractivity contribution in [1.82, 2.24) is 5.32 Å². The molecule has 88 valence electrons. The van der Waals surface area contributed by atoms with Gasteiger partial charge in [0.15, 0.2) is 5.17 Å². The molecule has 1 aliphatic rings. The van der Waals surface area contributed by atoms with Gasteiger partial charge in [0, 0.05) is 4.47 Å². The van der Waals surface area contributed by atoms with Crippen LogP contribution < -0.4 is 5.32 Å². The van der Waals surface area contributed by atoms with E-state index in [1.165, 1.54) is 11.8 Å². The van der Waals surface area contributed by atoms with Crippen molar-refractivity contribution in [1.29, 1.82) is 0 Å². The highest BCUT2D eigenvalue weighted by Gasteiger charge is 2.25. The number of hydrogen-bond donors (Lipinski definition) is 1. The first kappa shape index (κ1) is 12.3. The Labute approximate surface area is 112 Å². The lowest BCUT2D eigenvalue weighted by molar-refractivity contribution is -0.118. The van der Waals surface area contributed by atoms with Crippen molar-refractivity contribution in [2.45, 2.75) is 12.2 Å². The fourth-order valence-corrected chi connectivity index (χ4v) is 2.22. The molecule has 1 aliphatic heterocycles. The van der Waals surface area contributed by atoms with Gasteiger partial charge >= 0.3 is 0 Å². The third-order valence-corrected chi connectivity index (χ3v) is 3.62. The molecule has 6 heteroatoms. The summed E-state index contributed by atoms with van der Waals surface area (Å²) in [5.41, 5.74) is 0.958. The van der Waals surface area contributed by atoms with Crippen LogP contribution >= 0.6 is 27.7 Å². The first-order valence-electron chi connectivity index (χ1n) is 4.99. The summed E-state index contributed by atoms with van der Waals surface area (Å²) in [5.74, 6) is -0.0207. The lowest BCUT2D eigenvalue weighted by Gasteiger charge is -1.92. The van der Waals surface area contributed by atoms with Gasteiger partial charge in [-0.05, 0) is 24.6 Å². The molecule has 0 bridgehead atoms. The van der Waals surface area contributed by atoms with Crippen LogP contribution in [0.5, 0.6) is 0 Å². The molecule has 0 radical (unpaired) electrons. The summed E-state index contributed by atoms with van der Waals surface area (Å²) in [6.45, 7) is 1.83. The van der Waals surface area contributed by atoms with E-state index in [-0.39, 0.29) is 11.2 Å². The lowest BCUT2D eigenvalue weighted by Crippen LogP contribution is -2.23. The van der Waals surface area contributed by atoms with Crippen molar-refractivity contribution in [2.75, 3.05) is 0 Å². The van der Waals surface area contributed by atoms with Gasteiger partial charge in [0.05, 0.1) is 11.5 Å². The van der Waals surface area contributed by atoms with E-state index in [4.69, 9.17) is 0 Å². The Kier molecular flexibility index (Phi) is 3.96. The van der Waals surface area contributed by atoms with Crippen LogP contribution in [0.25, 0.3) is 0 Å². The van der Waals surface area contributed by atoms with Gasteiger partial charge < -0.3 is 5.32 Å². The van der Waals surface area contributed by atoms with Crippen molar-refractivity contribution in [3.8, 4) is 0 Å². The predicted molar refractivity (Wildman–Crippen MR) is 74.4 cm³/mol. The van der Waals surface area contributed by atoms with Crippen LogP contribution in [-0.2, 0) is 4.79 Å². The summed E-state index contributed by atoms with van der Waals surface area (Å²) in [5, 5.41) is 11.0. The summed E-state index contributed by atoms with van der Waals surface area (Å²) in [4.78, 5) is 11.2. The molecule has 1 unspecified atom stereocenters. The zero-order valence-corrected chi connectivity index (χ0v) is 11.5. The summed E-state index contributed by atoms with van der Waals surface area (Å²) in [6, 6.07) is 7.72. The minimum Gasteiger partial charge on any atom is -0.303 e. The maximum Gasteiger partial charge on any atom is 0.239 e. The maximum absolute atomic E-state index is 11.2. The third kappa shape index (κ3) is 3.41. The third-order valence-electron chi connectivity index (χ3n) is 2.11. The molecule has 1 fully saturated rings. The Balaban J connectivity index is 2.00. The molecule has 1 atom stereocenters. The average Bonchev–Trinajstić information content (AvgIpc) is 2.61. The molecule has 1 saturated heterocycles. The van der Waals surface area contributed by atoms with Crippen LogP contribution in [0, 0.1) is 0 Å². The molecule has 0 spiro atoms. The first-order chi connectivity index (χ1) is 8.15. The molecule has 2 rings (SSSR count). The van der Waals surface area contributed by atoms with E-state index in [2.05, 4.69) is 31.4 Å². The van der Waals surface area contributed by atoms with Gasteiger partial charge in [-0.3, -0.25) is 4.79 Å². The summed E-state index contributed by atoms with van der Waals surface area (Å²) in [6.07, 6.45) is 1.65. The van der Waals surface area contributed by atoms with E-state index >= 15 is 0 Å². The molecule has 0 aliphatic carbocycles. The molecular formula is C11H10BrN3OS. The lowest BCUT2D eigenvalue weighted by atomic mass is 10.2. The van der Waals surface area contributed by atoms with Gasteiger partial charge in [0.25, 0.3) is 0 Å². The zero-order chi connectivity index (χ0) is 12.3. The van der Waals surface area contributed by atoms with Crippen LogP contribution in [0.1, 0.15) is 12.5 Å². The van der Waals surface area contributed by atoms with Crippen molar-refractivity contribution in [3.05, 3.63) is 34.3 Å². The minimum atomic E-state index is -0.0865. The van der Waals surface area contributed by atoms with Crippen LogP contribution in [0.3, 0.4) is 0 Å². The second kappa shape index (κ2) is 5.46. The Morgan fingerprint density at radius 1 is 1.41 bits per heavy atom. The van der Waals surface area contributed by atoms with Crippen molar-refractivity contribution in [3.63, 3.8) is 0 Å².